The number of carbonyl (C=O) groups excluding carboxylic acids is 1. The minimum atomic E-state index is -1.31. The molecule has 0 saturated carbocycles. The molecule has 1 aromatic heterocycles. The van der Waals surface area contributed by atoms with Crippen LogP contribution in [0.4, 0.5) is 5.95 Å². The summed E-state index contributed by atoms with van der Waals surface area (Å²) < 4.78 is 6.89. The summed E-state index contributed by atoms with van der Waals surface area (Å²) in [6.45, 7) is 2.49. The Balaban J connectivity index is 1.98. The van der Waals surface area contributed by atoms with Crippen molar-refractivity contribution in [1.29, 1.82) is 0 Å². The molecule has 0 saturated heterocycles. The van der Waals surface area contributed by atoms with Crippen LogP contribution < -0.4 is 15.2 Å². The van der Waals surface area contributed by atoms with E-state index in [2.05, 4.69) is 20.8 Å². The fourth-order valence-electron chi connectivity index (χ4n) is 2.14. The van der Waals surface area contributed by atoms with Crippen LogP contribution in [0.5, 0.6) is 5.75 Å². The normalized spacial score (nSPS) is 16.6. The number of fused-ring (bicyclic) bond motifs is 1. The number of tetrazole rings is 1. The van der Waals surface area contributed by atoms with E-state index in [9.17, 15) is 9.90 Å². The van der Waals surface area contributed by atoms with Crippen LogP contribution in [0.2, 0.25) is 0 Å². The number of hydrogen-bond acceptors (Lipinski definition) is 7. The molecule has 2 heterocycles. The van der Waals surface area contributed by atoms with Gasteiger partial charge in [-0.05, 0) is 41.1 Å². The molecule has 0 unspecified atom stereocenters. The summed E-state index contributed by atoms with van der Waals surface area (Å²) in [4.78, 5) is 11.1. The second-order valence-corrected chi connectivity index (χ2v) is 4.39. The lowest BCUT2D eigenvalue weighted by Crippen LogP contribution is -2.32. The minimum Gasteiger partial charge on any atom is -0.543 e. The molecule has 108 valence electrons. The largest absolute Gasteiger partial charge is 0.543 e. The molecule has 21 heavy (non-hydrogen) atoms. The maximum absolute atomic E-state index is 11.1. The van der Waals surface area contributed by atoms with Gasteiger partial charge < -0.3 is 20.0 Å². The van der Waals surface area contributed by atoms with Crippen molar-refractivity contribution in [2.24, 2.45) is 0 Å². The SMILES string of the molecule is CCOc1ccc([C@@H]2C=C(C(=O)[O-])Nc3nnnn32)cc1. The van der Waals surface area contributed by atoms with Crippen LogP contribution in [-0.4, -0.2) is 32.8 Å². The van der Waals surface area contributed by atoms with Gasteiger partial charge in [-0.2, -0.15) is 4.68 Å². The van der Waals surface area contributed by atoms with E-state index in [1.807, 2.05) is 31.2 Å². The molecule has 0 aliphatic carbocycles. The number of aliphatic carboxylic acids is 1. The number of carboxylic acids is 1. The van der Waals surface area contributed by atoms with Gasteiger partial charge in [0.25, 0.3) is 0 Å². The first-order valence-electron chi connectivity index (χ1n) is 6.40. The highest BCUT2D eigenvalue weighted by Gasteiger charge is 2.23. The standard InChI is InChI=1S/C13H13N5O3/c1-2-21-9-5-3-8(4-6-9)11-7-10(12(19)20)14-13-15-16-17-18(11)13/h3-7,11H,2H2,1H3,(H,19,20)(H,14,15,17)/p-1/t11-/m0/s1. The van der Waals surface area contributed by atoms with Gasteiger partial charge in [0.2, 0.25) is 5.95 Å². The second-order valence-electron chi connectivity index (χ2n) is 4.39. The molecule has 0 fully saturated rings. The molecule has 1 aliphatic rings. The van der Waals surface area contributed by atoms with Gasteiger partial charge in [-0.15, -0.1) is 0 Å². The van der Waals surface area contributed by atoms with E-state index >= 15 is 0 Å². The zero-order valence-corrected chi connectivity index (χ0v) is 11.2. The molecular weight excluding hydrogens is 274 g/mol. The lowest BCUT2D eigenvalue weighted by molar-refractivity contribution is -0.299. The predicted molar refractivity (Wildman–Crippen MR) is 70.3 cm³/mol. The Bertz CT molecular complexity index is 692. The van der Waals surface area contributed by atoms with Crippen LogP contribution in [0.1, 0.15) is 18.5 Å². The number of ether oxygens (including phenoxy) is 1. The van der Waals surface area contributed by atoms with Gasteiger partial charge in [0, 0.05) is 0 Å². The average Bonchev–Trinajstić information content (AvgIpc) is 2.95. The Morgan fingerprint density at radius 3 is 2.86 bits per heavy atom. The van der Waals surface area contributed by atoms with Crippen molar-refractivity contribution in [2.45, 2.75) is 13.0 Å². The summed E-state index contributed by atoms with van der Waals surface area (Å²) in [6.07, 6.45) is 1.51. The molecule has 0 bridgehead atoms. The molecule has 1 aromatic carbocycles. The van der Waals surface area contributed by atoms with Crippen LogP contribution in [0.25, 0.3) is 0 Å². The first kappa shape index (κ1) is 13.1. The van der Waals surface area contributed by atoms with E-state index in [4.69, 9.17) is 4.74 Å². The molecular formula is C13H12N5O3-. The first-order valence-corrected chi connectivity index (χ1v) is 6.40. The van der Waals surface area contributed by atoms with Crippen LogP contribution in [0.15, 0.2) is 36.0 Å². The summed E-state index contributed by atoms with van der Waals surface area (Å²) in [6, 6.07) is 6.90. The highest BCUT2D eigenvalue weighted by atomic mass is 16.5. The predicted octanol–water partition coefficient (Wildman–Crippen LogP) is -0.280. The first-order chi connectivity index (χ1) is 10.2. The summed E-state index contributed by atoms with van der Waals surface area (Å²) in [5.74, 6) is -0.299. The van der Waals surface area contributed by atoms with Gasteiger partial charge >= 0.3 is 0 Å². The number of aromatic nitrogens is 4. The molecule has 8 heteroatoms. The Morgan fingerprint density at radius 2 is 2.19 bits per heavy atom. The van der Waals surface area contributed by atoms with Crippen molar-refractivity contribution < 1.29 is 14.6 Å². The van der Waals surface area contributed by atoms with Crippen molar-refractivity contribution in [1.82, 2.24) is 20.2 Å². The van der Waals surface area contributed by atoms with E-state index in [1.54, 1.807) is 0 Å². The molecule has 1 aliphatic heterocycles. The number of benzene rings is 1. The molecule has 2 aromatic rings. The third-order valence-corrected chi connectivity index (χ3v) is 3.08. The topological polar surface area (TPSA) is 105 Å². The fourth-order valence-corrected chi connectivity index (χ4v) is 2.14. The van der Waals surface area contributed by atoms with Crippen LogP contribution in [-0.2, 0) is 4.79 Å². The van der Waals surface area contributed by atoms with Gasteiger partial charge in [-0.25, -0.2) is 0 Å². The number of anilines is 1. The molecule has 1 atom stereocenters. The van der Waals surface area contributed by atoms with E-state index in [0.29, 0.717) is 6.61 Å². The quantitative estimate of drug-likeness (QED) is 0.824. The molecule has 0 amide bonds. The second kappa shape index (κ2) is 5.23. The van der Waals surface area contributed by atoms with Crippen molar-refractivity contribution in [3.63, 3.8) is 0 Å². The third kappa shape index (κ3) is 2.42. The van der Waals surface area contributed by atoms with Crippen molar-refractivity contribution in [3.05, 3.63) is 41.6 Å². The summed E-state index contributed by atoms with van der Waals surface area (Å²) in [7, 11) is 0. The Labute approximate surface area is 120 Å². The smallest absolute Gasteiger partial charge is 0.248 e. The number of nitrogens with one attached hydrogen (secondary N) is 1. The van der Waals surface area contributed by atoms with E-state index < -0.39 is 12.0 Å². The molecule has 0 spiro atoms. The monoisotopic (exact) mass is 286 g/mol. The Kier molecular flexibility index (Phi) is 3.27. The van der Waals surface area contributed by atoms with E-state index in [0.717, 1.165) is 11.3 Å². The van der Waals surface area contributed by atoms with Crippen molar-refractivity contribution >= 4 is 11.9 Å². The maximum atomic E-state index is 11.1. The summed E-state index contributed by atoms with van der Waals surface area (Å²) in [5, 5.41) is 24.8. The number of carbonyl (C=O) groups is 1. The van der Waals surface area contributed by atoms with Gasteiger partial charge in [0.15, 0.2) is 0 Å². The third-order valence-electron chi connectivity index (χ3n) is 3.08. The van der Waals surface area contributed by atoms with Crippen LogP contribution in [0.3, 0.4) is 0 Å². The Morgan fingerprint density at radius 1 is 1.43 bits per heavy atom. The summed E-state index contributed by atoms with van der Waals surface area (Å²) >= 11 is 0. The number of carboxylic acid groups (broad SMARTS) is 1. The van der Waals surface area contributed by atoms with Crippen LogP contribution in [0, 0.1) is 0 Å². The zero-order chi connectivity index (χ0) is 14.8. The van der Waals surface area contributed by atoms with Gasteiger partial charge in [0.1, 0.15) is 11.8 Å². The summed E-state index contributed by atoms with van der Waals surface area (Å²) in [5.41, 5.74) is 0.781. The van der Waals surface area contributed by atoms with E-state index in [-0.39, 0.29) is 11.6 Å². The lowest BCUT2D eigenvalue weighted by Gasteiger charge is -2.23. The maximum Gasteiger partial charge on any atom is 0.248 e. The highest BCUT2D eigenvalue weighted by molar-refractivity contribution is 5.88. The van der Waals surface area contributed by atoms with Crippen molar-refractivity contribution in [3.8, 4) is 5.75 Å². The van der Waals surface area contributed by atoms with Gasteiger partial charge in [0.05, 0.1) is 18.3 Å². The zero-order valence-electron chi connectivity index (χ0n) is 11.2. The molecule has 3 rings (SSSR count). The lowest BCUT2D eigenvalue weighted by atomic mass is 10.0. The molecule has 0 radical (unpaired) electrons. The van der Waals surface area contributed by atoms with Gasteiger partial charge in [-0.3, -0.25) is 0 Å². The Hall–Kier alpha value is -2.90. The number of allylic oxidation sites excluding steroid dienone is 1. The number of rotatable bonds is 4. The van der Waals surface area contributed by atoms with E-state index in [1.165, 1.54) is 10.8 Å². The number of hydrogen-bond donors (Lipinski definition) is 1. The van der Waals surface area contributed by atoms with Gasteiger partial charge in [-0.1, -0.05) is 17.2 Å². The molecule has 1 N–H and O–H groups in total. The average molecular weight is 286 g/mol. The highest BCUT2D eigenvalue weighted by Crippen LogP contribution is 2.28. The number of nitrogens with zero attached hydrogens (tertiary/aromatic N) is 4. The molecule has 8 nitrogen and oxygen atoms in total. The van der Waals surface area contributed by atoms with Crippen LogP contribution >= 0.6 is 0 Å². The fraction of sp³-hybridized carbons (Fsp3) is 0.231. The minimum absolute atomic E-state index is 0.0591. The van der Waals surface area contributed by atoms with Crippen molar-refractivity contribution in [2.75, 3.05) is 11.9 Å².